The average Bonchev–Trinajstić information content (AvgIpc) is 2.89. The maximum Gasteiger partial charge on any atom is 0.319 e. The van der Waals surface area contributed by atoms with Gasteiger partial charge in [0.25, 0.3) is 5.91 Å². The summed E-state index contributed by atoms with van der Waals surface area (Å²) < 4.78 is 0. The van der Waals surface area contributed by atoms with E-state index in [-0.39, 0.29) is 11.9 Å². The van der Waals surface area contributed by atoms with Crippen LogP contribution in [0.15, 0.2) is 29.6 Å². The molecule has 0 saturated carbocycles. The summed E-state index contributed by atoms with van der Waals surface area (Å²) in [5.41, 5.74) is 2.79. The van der Waals surface area contributed by atoms with Crippen molar-refractivity contribution < 1.29 is 9.59 Å². The molecule has 124 valence electrons. The molecule has 3 amide bonds. The fourth-order valence-electron chi connectivity index (χ4n) is 2.59. The lowest BCUT2D eigenvalue weighted by molar-refractivity contribution is -0.127. The van der Waals surface area contributed by atoms with Crippen molar-refractivity contribution in [1.82, 2.24) is 25.5 Å². The second kappa shape index (κ2) is 6.68. The lowest BCUT2D eigenvalue weighted by Crippen LogP contribution is -2.48. The molecule has 0 radical (unpaired) electrons. The van der Waals surface area contributed by atoms with Crippen LogP contribution in [-0.4, -0.2) is 39.9 Å². The Kier molecular flexibility index (Phi) is 4.88. The molecule has 1 atom stereocenters. The Balaban J connectivity index is 2.41. The van der Waals surface area contributed by atoms with Crippen LogP contribution in [-0.2, 0) is 4.79 Å². The number of nitrogens with one attached hydrogen (secondary N) is 3. The van der Waals surface area contributed by atoms with Crippen molar-refractivity contribution in [2.24, 2.45) is 0 Å². The summed E-state index contributed by atoms with van der Waals surface area (Å²) in [6.45, 7) is 12.3. The van der Waals surface area contributed by atoms with Crippen LogP contribution < -0.4 is 10.6 Å². The van der Waals surface area contributed by atoms with Gasteiger partial charge in [-0.3, -0.25) is 4.79 Å². The number of urea groups is 1. The summed E-state index contributed by atoms with van der Waals surface area (Å²) in [5, 5.41) is 5.44. The molecule has 0 bridgehead atoms. The molecular weight excluding hydrogens is 294 g/mol. The number of likely N-dealkylation sites (N-methyl/N-ethyl adjacent to an activating group) is 1. The van der Waals surface area contributed by atoms with Crippen molar-refractivity contribution in [3.05, 3.63) is 41.1 Å². The summed E-state index contributed by atoms with van der Waals surface area (Å²) in [6, 6.07) is -0.940. The van der Waals surface area contributed by atoms with Crippen LogP contribution in [0.1, 0.15) is 38.3 Å². The number of imidazole rings is 1. The molecule has 7 heteroatoms. The van der Waals surface area contributed by atoms with Gasteiger partial charge in [0.15, 0.2) is 0 Å². The zero-order valence-corrected chi connectivity index (χ0v) is 14.0. The normalized spacial score (nSPS) is 17.6. The molecule has 1 aliphatic rings. The predicted octanol–water partition coefficient (Wildman–Crippen LogP) is 1.77. The molecule has 0 aromatic carbocycles. The van der Waals surface area contributed by atoms with Crippen LogP contribution in [0.5, 0.6) is 0 Å². The number of carbonyl (C=O) groups is 2. The highest BCUT2D eigenvalue weighted by Gasteiger charge is 2.34. The first-order valence-corrected chi connectivity index (χ1v) is 7.57. The molecule has 1 aromatic rings. The quantitative estimate of drug-likeness (QED) is 0.723. The van der Waals surface area contributed by atoms with Gasteiger partial charge in [0.2, 0.25) is 0 Å². The van der Waals surface area contributed by atoms with Crippen molar-refractivity contribution in [2.75, 3.05) is 13.1 Å². The highest BCUT2D eigenvalue weighted by molar-refractivity contribution is 5.98. The summed E-state index contributed by atoms with van der Waals surface area (Å²) in [7, 11) is 0. The third kappa shape index (κ3) is 3.61. The first-order chi connectivity index (χ1) is 10.8. The van der Waals surface area contributed by atoms with Gasteiger partial charge in [0.1, 0.15) is 11.9 Å². The van der Waals surface area contributed by atoms with Gasteiger partial charge in [-0.15, -0.1) is 0 Å². The molecule has 2 rings (SSSR count). The number of carbonyl (C=O) groups excluding carboxylic acids is 2. The summed E-state index contributed by atoms with van der Waals surface area (Å²) in [4.78, 5) is 33.8. The molecule has 0 spiro atoms. The average molecular weight is 317 g/mol. The first-order valence-electron chi connectivity index (χ1n) is 7.57. The summed E-state index contributed by atoms with van der Waals surface area (Å²) >= 11 is 0. The molecule has 1 aliphatic heterocycles. The van der Waals surface area contributed by atoms with Gasteiger partial charge in [-0.1, -0.05) is 12.2 Å². The third-order valence-electron chi connectivity index (χ3n) is 3.63. The van der Waals surface area contributed by atoms with E-state index in [4.69, 9.17) is 0 Å². The predicted molar refractivity (Wildman–Crippen MR) is 87.5 cm³/mol. The van der Waals surface area contributed by atoms with E-state index in [9.17, 15) is 9.59 Å². The zero-order chi connectivity index (χ0) is 17.1. The number of hydrogen-bond acceptors (Lipinski definition) is 3. The summed E-state index contributed by atoms with van der Waals surface area (Å²) in [6.07, 6.45) is 1.67. The lowest BCUT2D eigenvalue weighted by Gasteiger charge is -2.31. The number of aryl methyl sites for hydroxylation is 1. The van der Waals surface area contributed by atoms with Gasteiger partial charge < -0.3 is 20.5 Å². The Bertz CT molecular complexity index is 674. The van der Waals surface area contributed by atoms with Gasteiger partial charge in [-0.25, -0.2) is 9.78 Å². The highest BCUT2D eigenvalue weighted by atomic mass is 16.2. The highest BCUT2D eigenvalue weighted by Crippen LogP contribution is 2.26. The number of amides is 3. The molecule has 0 saturated heterocycles. The van der Waals surface area contributed by atoms with Crippen molar-refractivity contribution in [2.45, 2.75) is 33.7 Å². The Labute approximate surface area is 135 Å². The van der Waals surface area contributed by atoms with E-state index < -0.39 is 6.04 Å². The number of rotatable bonds is 5. The minimum absolute atomic E-state index is 0.139. The fourth-order valence-corrected chi connectivity index (χ4v) is 2.59. The van der Waals surface area contributed by atoms with Crippen LogP contribution >= 0.6 is 0 Å². The summed E-state index contributed by atoms with van der Waals surface area (Å²) in [5.74, 6) is 0.408. The Morgan fingerprint density at radius 1 is 1.43 bits per heavy atom. The van der Waals surface area contributed by atoms with Crippen molar-refractivity contribution in [3.8, 4) is 0 Å². The fraction of sp³-hybridized carbons (Fsp3) is 0.438. The standard InChI is InChI=1S/C16H23N5O2/c1-6-21(8-9(2)3)15(22)12-11(5)19-16(23)20-13(12)14-17-7-10(4)18-14/h7,13H,2,6,8H2,1,3-5H3,(H,17,18)(H2,19,20,23). The molecule has 1 aromatic heterocycles. The molecule has 0 aliphatic carbocycles. The van der Waals surface area contributed by atoms with Gasteiger partial charge in [-0.2, -0.15) is 0 Å². The number of hydrogen-bond donors (Lipinski definition) is 3. The van der Waals surface area contributed by atoms with Crippen molar-refractivity contribution in [3.63, 3.8) is 0 Å². The number of nitrogens with zero attached hydrogens (tertiary/aromatic N) is 2. The van der Waals surface area contributed by atoms with E-state index in [1.54, 1.807) is 18.0 Å². The molecule has 3 N–H and O–H groups in total. The van der Waals surface area contributed by atoms with Crippen molar-refractivity contribution >= 4 is 11.9 Å². The maximum absolute atomic E-state index is 13.0. The molecule has 2 heterocycles. The van der Waals surface area contributed by atoms with E-state index in [2.05, 4.69) is 27.2 Å². The molecule has 1 unspecified atom stereocenters. The van der Waals surface area contributed by atoms with Gasteiger partial charge in [0.05, 0.1) is 5.57 Å². The second-order valence-corrected chi connectivity index (χ2v) is 5.80. The molecule has 0 fully saturated rings. The Morgan fingerprint density at radius 2 is 2.13 bits per heavy atom. The first kappa shape index (κ1) is 16.8. The van der Waals surface area contributed by atoms with E-state index in [0.717, 1.165) is 11.3 Å². The minimum Gasteiger partial charge on any atom is -0.344 e. The number of aromatic nitrogens is 2. The van der Waals surface area contributed by atoms with Crippen LogP contribution in [0.4, 0.5) is 4.79 Å². The van der Waals surface area contributed by atoms with Crippen molar-refractivity contribution in [1.29, 1.82) is 0 Å². The number of H-pyrrole nitrogens is 1. The molecular formula is C16H23N5O2. The van der Waals surface area contributed by atoms with Crippen LogP contribution in [0.3, 0.4) is 0 Å². The topological polar surface area (TPSA) is 90.1 Å². The second-order valence-electron chi connectivity index (χ2n) is 5.80. The zero-order valence-electron chi connectivity index (χ0n) is 14.0. The molecule has 7 nitrogen and oxygen atoms in total. The van der Waals surface area contributed by atoms with Crippen LogP contribution in [0.25, 0.3) is 0 Å². The number of aromatic amines is 1. The lowest BCUT2D eigenvalue weighted by atomic mass is 10.0. The minimum atomic E-state index is -0.593. The van der Waals surface area contributed by atoms with E-state index in [1.807, 2.05) is 20.8 Å². The monoisotopic (exact) mass is 317 g/mol. The van der Waals surface area contributed by atoms with Gasteiger partial charge >= 0.3 is 6.03 Å². The number of allylic oxidation sites excluding steroid dienone is 1. The third-order valence-corrected chi connectivity index (χ3v) is 3.63. The Morgan fingerprint density at radius 3 is 2.65 bits per heavy atom. The van der Waals surface area contributed by atoms with E-state index >= 15 is 0 Å². The SMILES string of the molecule is C=C(C)CN(CC)C(=O)C1=C(C)NC(=O)NC1c1ncc(C)[nH]1. The Hall–Kier alpha value is -2.57. The van der Waals surface area contributed by atoms with Gasteiger partial charge in [0, 0.05) is 30.7 Å². The van der Waals surface area contributed by atoms with E-state index in [0.29, 0.717) is 30.2 Å². The van der Waals surface area contributed by atoms with E-state index in [1.165, 1.54) is 0 Å². The van der Waals surface area contributed by atoms with Crippen LogP contribution in [0.2, 0.25) is 0 Å². The van der Waals surface area contributed by atoms with Crippen LogP contribution in [0, 0.1) is 6.92 Å². The largest absolute Gasteiger partial charge is 0.344 e. The molecule has 23 heavy (non-hydrogen) atoms. The van der Waals surface area contributed by atoms with Gasteiger partial charge in [-0.05, 0) is 27.7 Å². The smallest absolute Gasteiger partial charge is 0.319 e. The maximum atomic E-state index is 13.0.